The normalized spacial score (nSPS) is 24.9. The summed E-state index contributed by atoms with van der Waals surface area (Å²) in [6.07, 6.45) is 4.84. The van der Waals surface area contributed by atoms with E-state index in [1.54, 1.807) is 18.2 Å². The lowest BCUT2D eigenvalue weighted by Gasteiger charge is -2.35. The molecule has 1 heterocycles. The molecular weight excluding hydrogens is 324 g/mol. The Labute approximate surface area is 125 Å². The van der Waals surface area contributed by atoms with Gasteiger partial charge in [0.05, 0.1) is 11.1 Å². The standard InChI is InChI=1S/C15H15BrO4/c16-10-7-9(5-6-11(10)18)15-14(8-17)19-12-3-1-2-4-13(12)20-15/h1,3,5-7,14-15,17-18H,2,4,8H2. The van der Waals surface area contributed by atoms with Crippen LogP contribution in [0.25, 0.3) is 0 Å². The molecule has 106 valence electrons. The molecule has 4 nitrogen and oxygen atoms in total. The van der Waals surface area contributed by atoms with Crippen LogP contribution in [0.1, 0.15) is 24.5 Å². The summed E-state index contributed by atoms with van der Waals surface area (Å²) in [4.78, 5) is 0. The quantitative estimate of drug-likeness (QED) is 0.869. The number of ether oxygens (including phenoxy) is 2. The molecule has 2 unspecified atom stereocenters. The largest absolute Gasteiger partial charge is 0.507 e. The molecule has 0 radical (unpaired) electrons. The Morgan fingerprint density at radius 3 is 2.90 bits per heavy atom. The summed E-state index contributed by atoms with van der Waals surface area (Å²) < 4.78 is 12.4. The Bertz CT molecular complexity index is 579. The zero-order valence-corrected chi connectivity index (χ0v) is 12.3. The maximum Gasteiger partial charge on any atom is 0.163 e. The number of allylic oxidation sites excluding steroid dienone is 3. The van der Waals surface area contributed by atoms with Crippen molar-refractivity contribution in [3.63, 3.8) is 0 Å². The fraction of sp³-hybridized carbons (Fsp3) is 0.333. The van der Waals surface area contributed by atoms with E-state index in [0.29, 0.717) is 10.2 Å². The number of aliphatic hydroxyl groups excluding tert-OH is 1. The van der Waals surface area contributed by atoms with Gasteiger partial charge in [-0.05, 0) is 46.1 Å². The Morgan fingerprint density at radius 1 is 1.30 bits per heavy atom. The molecular formula is C15H15BrO4. The van der Waals surface area contributed by atoms with Gasteiger partial charge in [0.1, 0.15) is 11.5 Å². The molecule has 20 heavy (non-hydrogen) atoms. The van der Waals surface area contributed by atoms with E-state index >= 15 is 0 Å². The highest BCUT2D eigenvalue weighted by molar-refractivity contribution is 9.10. The first-order valence-corrected chi connectivity index (χ1v) is 7.30. The van der Waals surface area contributed by atoms with Crippen LogP contribution >= 0.6 is 15.9 Å². The predicted octanol–water partition coefficient (Wildman–Crippen LogP) is 3.17. The van der Waals surface area contributed by atoms with Gasteiger partial charge in [0.25, 0.3) is 0 Å². The lowest BCUT2D eigenvalue weighted by Crippen LogP contribution is -2.32. The average Bonchev–Trinajstić information content (AvgIpc) is 2.48. The highest BCUT2D eigenvalue weighted by Crippen LogP contribution is 2.38. The molecule has 0 amide bonds. The van der Waals surface area contributed by atoms with Crippen LogP contribution < -0.4 is 0 Å². The smallest absolute Gasteiger partial charge is 0.163 e. The van der Waals surface area contributed by atoms with Crippen molar-refractivity contribution in [1.29, 1.82) is 0 Å². The predicted molar refractivity (Wildman–Crippen MR) is 77.0 cm³/mol. The molecule has 0 saturated carbocycles. The summed E-state index contributed by atoms with van der Waals surface area (Å²) in [6, 6.07) is 5.17. The molecule has 2 atom stereocenters. The van der Waals surface area contributed by atoms with Crippen molar-refractivity contribution in [2.75, 3.05) is 6.61 Å². The van der Waals surface area contributed by atoms with Gasteiger partial charge in [-0.15, -0.1) is 0 Å². The molecule has 2 aliphatic rings. The van der Waals surface area contributed by atoms with Crippen molar-refractivity contribution in [3.8, 4) is 5.75 Å². The molecule has 0 saturated heterocycles. The van der Waals surface area contributed by atoms with Crippen molar-refractivity contribution in [2.45, 2.75) is 25.0 Å². The van der Waals surface area contributed by atoms with Crippen molar-refractivity contribution in [2.24, 2.45) is 0 Å². The molecule has 2 N–H and O–H groups in total. The summed E-state index contributed by atoms with van der Waals surface area (Å²) in [5.74, 6) is 1.71. The van der Waals surface area contributed by atoms with Gasteiger partial charge in [-0.25, -0.2) is 0 Å². The van der Waals surface area contributed by atoms with Crippen molar-refractivity contribution in [3.05, 3.63) is 51.9 Å². The van der Waals surface area contributed by atoms with E-state index < -0.39 is 6.10 Å². The fourth-order valence-corrected chi connectivity index (χ4v) is 2.81. The van der Waals surface area contributed by atoms with Gasteiger partial charge in [0.2, 0.25) is 0 Å². The van der Waals surface area contributed by atoms with Crippen molar-refractivity contribution >= 4 is 15.9 Å². The number of hydrogen-bond donors (Lipinski definition) is 2. The number of aromatic hydroxyl groups is 1. The summed E-state index contributed by atoms with van der Waals surface area (Å²) in [5, 5.41) is 19.1. The summed E-state index contributed by atoms with van der Waals surface area (Å²) in [7, 11) is 0. The molecule has 3 rings (SSSR count). The molecule has 1 aliphatic carbocycles. The van der Waals surface area contributed by atoms with Crippen LogP contribution in [0.15, 0.2) is 46.3 Å². The number of benzene rings is 1. The third kappa shape index (κ3) is 2.43. The van der Waals surface area contributed by atoms with Crippen LogP contribution in [0.2, 0.25) is 0 Å². The lowest BCUT2D eigenvalue weighted by molar-refractivity contribution is -0.0850. The van der Waals surface area contributed by atoms with Crippen molar-refractivity contribution < 1.29 is 19.7 Å². The van der Waals surface area contributed by atoms with Crippen LogP contribution in [0.5, 0.6) is 5.75 Å². The van der Waals surface area contributed by atoms with E-state index in [1.807, 2.05) is 12.2 Å². The topological polar surface area (TPSA) is 58.9 Å². The second-order valence-electron chi connectivity index (χ2n) is 4.82. The molecule has 1 aromatic carbocycles. The minimum Gasteiger partial charge on any atom is -0.507 e. The number of halogens is 1. The molecule has 0 spiro atoms. The molecule has 0 aromatic heterocycles. The summed E-state index contributed by atoms with van der Waals surface area (Å²) >= 11 is 3.29. The second kappa shape index (κ2) is 5.50. The molecule has 0 bridgehead atoms. The average molecular weight is 339 g/mol. The fourth-order valence-electron chi connectivity index (χ4n) is 2.41. The number of phenolic OH excluding ortho intramolecular Hbond substituents is 1. The summed E-state index contributed by atoms with van der Waals surface area (Å²) in [6.45, 7) is -0.131. The van der Waals surface area contributed by atoms with Crippen LogP contribution in [0, 0.1) is 0 Å². The molecule has 1 aliphatic heterocycles. The van der Waals surface area contributed by atoms with Crippen LogP contribution in [-0.4, -0.2) is 22.9 Å². The number of phenols is 1. The number of aliphatic hydroxyl groups is 1. The highest BCUT2D eigenvalue weighted by atomic mass is 79.9. The van der Waals surface area contributed by atoms with Gasteiger partial charge in [-0.2, -0.15) is 0 Å². The van der Waals surface area contributed by atoms with E-state index in [2.05, 4.69) is 15.9 Å². The van der Waals surface area contributed by atoms with Crippen LogP contribution in [-0.2, 0) is 9.47 Å². The Balaban J connectivity index is 1.93. The number of hydrogen-bond acceptors (Lipinski definition) is 4. The van der Waals surface area contributed by atoms with E-state index in [4.69, 9.17) is 9.47 Å². The maximum absolute atomic E-state index is 9.57. The Morgan fingerprint density at radius 2 is 2.15 bits per heavy atom. The number of rotatable bonds is 2. The molecule has 5 heteroatoms. The first kappa shape index (κ1) is 13.5. The van der Waals surface area contributed by atoms with Crippen LogP contribution in [0.4, 0.5) is 0 Å². The first-order valence-electron chi connectivity index (χ1n) is 6.51. The third-order valence-corrected chi connectivity index (χ3v) is 4.08. The van der Waals surface area contributed by atoms with Crippen molar-refractivity contribution in [1.82, 2.24) is 0 Å². The van der Waals surface area contributed by atoms with E-state index in [0.717, 1.165) is 24.2 Å². The first-order chi connectivity index (χ1) is 9.69. The van der Waals surface area contributed by atoms with Crippen LogP contribution in [0.3, 0.4) is 0 Å². The Kier molecular flexibility index (Phi) is 3.72. The zero-order valence-electron chi connectivity index (χ0n) is 10.8. The summed E-state index contributed by atoms with van der Waals surface area (Å²) in [5.41, 5.74) is 0.856. The zero-order chi connectivity index (χ0) is 14.1. The third-order valence-electron chi connectivity index (χ3n) is 3.45. The minimum atomic E-state index is -0.451. The van der Waals surface area contributed by atoms with Gasteiger partial charge in [0.15, 0.2) is 18.0 Å². The van der Waals surface area contributed by atoms with E-state index in [-0.39, 0.29) is 18.5 Å². The molecule has 0 fully saturated rings. The lowest BCUT2D eigenvalue weighted by atomic mass is 10.0. The minimum absolute atomic E-state index is 0.131. The van der Waals surface area contributed by atoms with E-state index in [1.165, 1.54) is 0 Å². The van der Waals surface area contributed by atoms with Gasteiger partial charge in [-0.3, -0.25) is 0 Å². The van der Waals surface area contributed by atoms with Gasteiger partial charge >= 0.3 is 0 Å². The monoisotopic (exact) mass is 338 g/mol. The van der Waals surface area contributed by atoms with E-state index in [9.17, 15) is 10.2 Å². The SMILES string of the molecule is OCC1OC2=C(CCC=C2)OC1c1ccc(O)c(Br)c1. The molecule has 1 aromatic rings. The second-order valence-corrected chi connectivity index (χ2v) is 5.67. The Hall–Kier alpha value is -1.46. The van der Waals surface area contributed by atoms with Gasteiger partial charge in [0, 0.05) is 6.42 Å². The van der Waals surface area contributed by atoms with Gasteiger partial charge < -0.3 is 19.7 Å². The maximum atomic E-state index is 9.57. The highest BCUT2D eigenvalue weighted by Gasteiger charge is 2.34. The van der Waals surface area contributed by atoms with Gasteiger partial charge in [-0.1, -0.05) is 12.1 Å².